The van der Waals surface area contributed by atoms with E-state index in [9.17, 15) is 9.18 Å². The fourth-order valence-electron chi connectivity index (χ4n) is 1.58. The highest BCUT2D eigenvalue weighted by Gasteiger charge is 2.12. The SMILES string of the molecule is O=C(O)c1ccc(Oc2cncc3nnnn23)cc1F. The molecule has 0 aliphatic carbocycles. The highest BCUT2D eigenvalue weighted by atomic mass is 19.1. The number of carboxylic acid groups (broad SMARTS) is 1. The van der Waals surface area contributed by atoms with Crippen molar-refractivity contribution >= 4 is 11.6 Å². The van der Waals surface area contributed by atoms with Crippen LogP contribution in [0.4, 0.5) is 4.39 Å². The standard InChI is InChI=1S/C11H6FN5O3/c12-8-3-6(1-2-7(8)11(18)19)20-10-5-13-4-9-14-15-16-17(9)10/h1-5H,(H,18,19). The molecule has 2 heterocycles. The summed E-state index contributed by atoms with van der Waals surface area (Å²) in [5.41, 5.74) is -0.0683. The van der Waals surface area contributed by atoms with E-state index in [1.165, 1.54) is 23.0 Å². The van der Waals surface area contributed by atoms with Gasteiger partial charge in [0.05, 0.1) is 18.0 Å². The van der Waals surface area contributed by atoms with Gasteiger partial charge in [0.25, 0.3) is 0 Å². The van der Waals surface area contributed by atoms with Crippen molar-refractivity contribution < 1.29 is 19.0 Å². The van der Waals surface area contributed by atoms with Crippen LogP contribution in [0.5, 0.6) is 11.6 Å². The molecule has 0 aliphatic rings. The second-order valence-corrected chi connectivity index (χ2v) is 3.74. The van der Waals surface area contributed by atoms with Crippen molar-refractivity contribution in [3.63, 3.8) is 0 Å². The van der Waals surface area contributed by atoms with Crippen molar-refractivity contribution in [1.29, 1.82) is 0 Å². The Balaban J connectivity index is 1.97. The third kappa shape index (κ3) is 2.00. The van der Waals surface area contributed by atoms with Gasteiger partial charge < -0.3 is 9.84 Å². The van der Waals surface area contributed by atoms with Crippen LogP contribution in [0.3, 0.4) is 0 Å². The Morgan fingerprint density at radius 2 is 2.20 bits per heavy atom. The molecule has 0 aliphatic heterocycles. The maximum Gasteiger partial charge on any atom is 0.338 e. The number of rotatable bonds is 3. The summed E-state index contributed by atoms with van der Waals surface area (Å²) in [7, 11) is 0. The number of halogens is 1. The Labute approximate surface area is 110 Å². The van der Waals surface area contributed by atoms with Crippen LogP contribution in [0.1, 0.15) is 10.4 Å². The number of hydrogen-bond acceptors (Lipinski definition) is 6. The summed E-state index contributed by atoms with van der Waals surface area (Å²) in [4.78, 5) is 14.6. The molecule has 2 aromatic heterocycles. The maximum atomic E-state index is 13.5. The number of aromatic nitrogens is 5. The van der Waals surface area contributed by atoms with Gasteiger partial charge in [-0.2, -0.15) is 4.52 Å². The summed E-state index contributed by atoms with van der Waals surface area (Å²) in [6.45, 7) is 0. The minimum atomic E-state index is -1.35. The van der Waals surface area contributed by atoms with E-state index in [0.29, 0.717) is 5.65 Å². The van der Waals surface area contributed by atoms with Crippen LogP contribution >= 0.6 is 0 Å². The van der Waals surface area contributed by atoms with Gasteiger partial charge >= 0.3 is 5.97 Å². The molecule has 3 rings (SSSR count). The number of tetrazole rings is 1. The largest absolute Gasteiger partial charge is 0.478 e. The average molecular weight is 275 g/mol. The van der Waals surface area contributed by atoms with Gasteiger partial charge in [-0.15, -0.1) is 5.10 Å². The number of nitrogens with zero attached hydrogens (tertiary/aromatic N) is 5. The highest BCUT2D eigenvalue weighted by Crippen LogP contribution is 2.22. The van der Waals surface area contributed by atoms with E-state index < -0.39 is 17.3 Å². The lowest BCUT2D eigenvalue weighted by Gasteiger charge is -2.06. The lowest BCUT2D eigenvalue weighted by Crippen LogP contribution is -2.01. The lowest BCUT2D eigenvalue weighted by molar-refractivity contribution is 0.0692. The van der Waals surface area contributed by atoms with Crippen LogP contribution in [0.15, 0.2) is 30.6 Å². The van der Waals surface area contributed by atoms with Gasteiger partial charge in [-0.25, -0.2) is 9.18 Å². The van der Waals surface area contributed by atoms with Crippen LogP contribution < -0.4 is 4.74 Å². The minimum Gasteiger partial charge on any atom is -0.478 e. The van der Waals surface area contributed by atoms with E-state index in [-0.39, 0.29) is 11.6 Å². The van der Waals surface area contributed by atoms with Crippen LogP contribution in [-0.2, 0) is 0 Å². The molecule has 0 saturated carbocycles. The molecule has 0 saturated heterocycles. The summed E-state index contributed by atoms with van der Waals surface area (Å²) in [5, 5.41) is 19.6. The molecule has 100 valence electrons. The molecule has 8 nitrogen and oxygen atoms in total. The van der Waals surface area contributed by atoms with Crippen molar-refractivity contribution in [3.05, 3.63) is 42.0 Å². The Morgan fingerprint density at radius 3 is 2.95 bits per heavy atom. The third-order valence-corrected chi connectivity index (χ3v) is 2.47. The van der Waals surface area contributed by atoms with Gasteiger partial charge in [-0.1, -0.05) is 0 Å². The van der Waals surface area contributed by atoms with Crippen molar-refractivity contribution in [2.75, 3.05) is 0 Å². The summed E-state index contributed by atoms with van der Waals surface area (Å²) >= 11 is 0. The molecule has 0 spiro atoms. The molecule has 1 aromatic carbocycles. The zero-order valence-corrected chi connectivity index (χ0v) is 9.76. The second-order valence-electron chi connectivity index (χ2n) is 3.74. The van der Waals surface area contributed by atoms with Crippen molar-refractivity contribution in [2.24, 2.45) is 0 Å². The first-order chi connectivity index (χ1) is 9.65. The Kier molecular flexibility index (Phi) is 2.71. The predicted octanol–water partition coefficient (Wildman–Crippen LogP) is 1.15. The van der Waals surface area contributed by atoms with Crippen LogP contribution in [0.25, 0.3) is 5.65 Å². The Morgan fingerprint density at radius 1 is 1.35 bits per heavy atom. The van der Waals surface area contributed by atoms with E-state index >= 15 is 0 Å². The molecule has 0 amide bonds. The molecular formula is C11H6FN5O3. The zero-order valence-electron chi connectivity index (χ0n) is 9.76. The van der Waals surface area contributed by atoms with E-state index in [2.05, 4.69) is 20.5 Å². The fraction of sp³-hybridized carbons (Fsp3) is 0. The third-order valence-electron chi connectivity index (χ3n) is 2.47. The topological polar surface area (TPSA) is 102 Å². The molecule has 0 atom stereocenters. The van der Waals surface area contributed by atoms with Crippen molar-refractivity contribution in [2.45, 2.75) is 0 Å². The van der Waals surface area contributed by atoms with E-state index in [1.807, 2.05) is 0 Å². The van der Waals surface area contributed by atoms with E-state index in [1.54, 1.807) is 0 Å². The first kappa shape index (κ1) is 12.0. The van der Waals surface area contributed by atoms with Gasteiger partial charge in [0.1, 0.15) is 11.6 Å². The fourth-order valence-corrected chi connectivity index (χ4v) is 1.58. The van der Waals surface area contributed by atoms with Gasteiger partial charge in [-0.05, 0) is 22.6 Å². The van der Waals surface area contributed by atoms with Gasteiger partial charge in [0.15, 0.2) is 0 Å². The van der Waals surface area contributed by atoms with Gasteiger partial charge in [-0.3, -0.25) is 4.98 Å². The smallest absolute Gasteiger partial charge is 0.338 e. The molecule has 0 bridgehead atoms. The normalized spacial score (nSPS) is 10.7. The Bertz CT molecular complexity index is 804. The number of fused-ring (bicyclic) bond motifs is 1. The molecular weight excluding hydrogens is 269 g/mol. The lowest BCUT2D eigenvalue weighted by atomic mass is 10.2. The number of hydrogen-bond donors (Lipinski definition) is 1. The van der Waals surface area contributed by atoms with Crippen molar-refractivity contribution in [3.8, 4) is 11.6 Å². The summed E-state index contributed by atoms with van der Waals surface area (Å²) in [6, 6.07) is 3.41. The predicted molar refractivity (Wildman–Crippen MR) is 62.0 cm³/mol. The first-order valence-corrected chi connectivity index (χ1v) is 5.38. The molecule has 0 unspecified atom stereocenters. The number of benzene rings is 1. The van der Waals surface area contributed by atoms with Crippen LogP contribution in [0.2, 0.25) is 0 Å². The summed E-state index contributed by atoms with van der Waals surface area (Å²) < 4.78 is 20.2. The number of carbonyl (C=O) groups is 1. The Hall–Kier alpha value is -3.10. The summed E-state index contributed by atoms with van der Waals surface area (Å²) in [5.74, 6) is -1.96. The molecule has 0 radical (unpaired) electrons. The van der Waals surface area contributed by atoms with E-state index in [0.717, 1.165) is 12.1 Å². The quantitative estimate of drug-likeness (QED) is 0.764. The molecule has 1 N–H and O–H groups in total. The monoisotopic (exact) mass is 275 g/mol. The molecule has 9 heteroatoms. The molecule has 20 heavy (non-hydrogen) atoms. The molecule has 3 aromatic rings. The van der Waals surface area contributed by atoms with Crippen LogP contribution in [-0.4, -0.2) is 36.1 Å². The van der Waals surface area contributed by atoms with Gasteiger partial charge in [0.2, 0.25) is 11.5 Å². The highest BCUT2D eigenvalue weighted by molar-refractivity contribution is 5.88. The van der Waals surface area contributed by atoms with Gasteiger partial charge in [0, 0.05) is 6.07 Å². The number of ether oxygens (including phenoxy) is 1. The van der Waals surface area contributed by atoms with Crippen LogP contribution in [0, 0.1) is 5.82 Å². The molecule has 0 fully saturated rings. The number of aromatic carboxylic acids is 1. The maximum absolute atomic E-state index is 13.5. The second kappa shape index (κ2) is 4.53. The number of carboxylic acids is 1. The van der Waals surface area contributed by atoms with E-state index in [4.69, 9.17) is 9.84 Å². The van der Waals surface area contributed by atoms with Crippen molar-refractivity contribution in [1.82, 2.24) is 25.0 Å². The zero-order chi connectivity index (χ0) is 14.1. The first-order valence-electron chi connectivity index (χ1n) is 5.38. The average Bonchev–Trinajstić information content (AvgIpc) is 2.87. The minimum absolute atomic E-state index is 0.109. The summed E-state index contributed by atoms with van der Waals surface area (Å²) in [6.07, 6.45) is 2.79.